The fourth-order valence-corrected chi connectivity index (χ4v) is 3.11. The summed E-state index contributed by atoms with van der Waals surface area (Å²) in [5.41, 5.74) is 2.15. The van der Waals surface area contributed by atoms with Gasteiger partial charge in [-0.15, -0.1) is 0 Å². The van der Waals surface area contributed by atoms with E-state index in [2.05, 4.69) is 28.5 Å². The fourth-order valence-electron chi connectivity index (χ4n) is 3.11. The molecule has 1 heterocycles. The molecule has 0 bridgehead atoms. The molecule has 0 aliphatic heterocycles. The third-order valence-electron chi connectivity index (χ3n) is 4.39. The van der Waals surface area contributed by atoms with Gasteiger partial charge in [0, 0.05) is 36.7 Å². The second kappa shape index (κ2) is 6.22. The summed E-state index contributed by atoms with van der Waals surface area (Å²) in [6.07, 6.45) is 7.05. The number of aryl methyl sites for hydroxylation is 1. The lowest BCUT2D eigenvalue weighted by Crippen LogP contribution is -2.29. The summed E-state index contributed by atoms with van der Waals surface area (Å²) in [6, 6.07) is 8.58. The van der Waals surface area contributed by atoms with Crippen LogP contribution in [0, 0.1) is 5.92 Å². The number of aliphatic carboxylic acids is 1. The normalized spacial score (nSPS) is 21.5. The molecule has 1 aliphatic carbocycles. The maximum atomic E-state index is 11.0. The molecule has 0 unspecified atom stereocenters. The molecule has 0 atom stereocenters. The van der Waals surface area contributed by atoms with Gasteiger partial charge in [0.25, 0.3) is 0 Å². The van der Waals surface area contributed by atoms with Crippen molar-refractivity contribution >= 4 is 11.7 Å². The molecule has 2 N–H and O–H groups in total. The molecule has 5 heteroatoms. The number of carboxylic acid groups (broad SMARTS) is 1. The van der Waals surface area contributed by atoms with Crippen molar-refractivity contribution in [1.82, 2.24) is 9.55 Å². The maximum Gasteiger partial charge on any atom is 0.306 e. The van der Waals surface area contributed by atoms with E-state index < -0.39 is 5.97 Å². The number of nitrogens with one attached hydrogen (secondary N) is 1. The zero-order valence-corrected chi connectivity index (χ0v) is 12.7. The molecule has 1 saturated carbocycles. The molecule has 1 aromatic carbocycles. The lowest BCUT2D eigenvalue weighted by molar-refractivity contribution is -0.142. The van der Waals surface area contributed by atoms with E-state index in [-0.39, 0.29) is 5.92 Å². The Morgan fingerprint density at radius 2 is 2.09 bits per heavy atom. The van der Waals surface area contributed by atoms with Gasteiger partial charge in [0.1, 0.15) is 5.82 Å². The van der Waals surface area contributed by atoms with Crippen molar-refractivity contribution < 1.29 is 9.90 Å². The Morgan fingerprint density at radius 3 is 2.73 bits per heavy atom. The van der Waals surface area contributed by atoms with Crippen LogP contribution in [0.1, 0.15) is 25.7 Å². The highest BCUT2D eigenvalue weighted by molar-refractivity contribution is 5.70. The van der Waals surface area contributed by atoms with Crippen LogP contribution >= 0.6 is 0 Å². The van der Waals surface area contributed by atoms with Crippen LogP contribution in [-0.2, 0) is 11.8 Å². The van der Waals surface area contributed by atoms with Crippen molar-refractivity contribution in [2.75, 3.05) is 5.32 Å². The first kappa shape index (κ1) is 14.6. The van der Waals surface area contributed by atoms with E-state index in [0.29, 0.717) is 6.04 Å². The SMILES string of the molecule is Cn1ccnc1-c1cccc(NC2CCC(C(=O)O)CC2)c1. The molecule has 3 rings (SSSR count). The molecule has 1 aromatic heterocycles. The highest BCUT2D eigenvalue weighted by Crippen LogP contribution is 2.28. The minimum atomic E-state index is -0.657. The van der Waals surface area contributed by atoms with Gasteiger partial charge >= 0.3 is 5.97 Å². The number of imidazole rings is 1. The molecule has 0 spiro atoms. The molecule has 116 valence electrons. The Morgan fingerprint density at radius 1 is 1.32 bits per heavy atom. The van der Waals surface area contributed by atoms with E-state index in [0.717, 1.165) is 42.8 Å². The number of hydrogen-bond acceptors (Lipinski definition) is 3. The van der Waals surface area contributed by atoms with Crippen molar-refractivity contribution in [1.29, 1.82) is 0 Å². The van der Waals surface area contributed by atoms with Gasteiger partial charge in [-0.05, 0) is 37.8 Å². The number of benzene rings is 1. The molecule has 1 fully saturated rings. The standard InChI is InChI=1S/C17H21N3O2/c1-20-10-9-18-16(20)13-3-2-4-15(11-13)19-14-7-5-12(6-8-14)17(21)22/h2-4,9-12,14,19H,5-8H2,1H3,(H,21,22). The third kappa shape index (κ3) is 3.13. The summed E-state index contributed by atoms with van der Waals surface area (Å²) in [5, 5.41) is 12.6. The summed E-state index contributed by atoms with van der Waals surface area (Å²) in [5.74, 6) is 0.116. The van der Waals surface area contributed by atoms with Crippen LogP contribution in [0.15, 0.2) is 36.7 Å². The van der Waals surface area contributed by atoms with Gasteiger partial charge < -0.3 is 15.0 Å². The van der Waals surface area contributed by atoms with Crippen molar-refractivity contribution in [2.24, 2.45) is 13.0 Å². The van der Waals surface area contributed by atoms with Crippen LogP contribution < -0.4 is 5.32 Å². The van der Waals surface area contributed by atoms with E-state index in [1.165, 1.54) is 0 Å². The monoisotopic (exact) mass is 299 g/mol. The summed E-state index contributed by atoms with van der Waals surface area (Å²) >= 11 is 0. The summed E-state index contributed by atoms with van der Waals surface area (Å²) in [6.45, 7) is 0. The topological polar surface area (TPSA) is 67.2 Å². The van der Waals surface area contributed by atoms with Gasteiger partial charge in [-0.2, -0.15) is 0 Å². The van der Waals surface area contributed by atoms with Crippen LogP contribution in [-0.4, -0.2) is 26.7 Å². The fraction of sp³-hybridized carbons (Fsp3) is 0.412. The Bertz CT molecular complexity index is 657. The van der Waals surface area contributed by atoms with Crippen LogP contribution in [0.25, 0.3) is 11.4 Å². The van der Waals surface area contributed by atoms with Crippen molar-refractivity contribution in [2.45, 2.75) is 31.7 Å². The Hall–Kier alpha value is -2.30. The highest BCUT2D eigenvalue weighted by atomic mass is 16.4. The van der Waals surface area contributed by atoms with Crippen molar-refractivity contribution in [3.05, 3.63) is 36.7 Å². The largest absolute Gasteiger partial charge is 0.481 e. The van der Waals surface area contributed by atoms with E-state index in [1.807, 2.05) is 23.9 Å². The quantitative estimate of drug-likeness (QED) is 0.910. The first-order chi connectivity index (χ1) is 10.6. The molecule has 1 aliphatic rings. The van der Waals surface area contributed by atoms with Gasteiger partial charge in [0.2, 0.25) is 0 Å². The number of nitrogens with zero attached hydrogens (tertiary/aromatic N) is 2. The second-order valence-electron chi connectivity index (χ2n) is 5.97. The van der Waals surface area contributed by atoms with Crippen LogP contribution in [0.2, 0.25) is 0 Å². The lowest BCUT2D eigenvalue weighted by Gasteiger charge is -2.27. The van der Waals surface area contributed by atoms with Gasteiger partial charge in [-0.3, -0.25) is 4.79 Å². The average Bonchev–Trinajstić information content (AvgIpc) is 2.94. The number of carbonyl (C=O) groups is 1. The molecular formula is C17H21N3O2. The number of anilines is 1. The van der Waals surface area contributed by atoms with E-state index in [9.17, 15) is 4.79 Å². The van der Waals surface area contributed by atoms with Gasteiger partial charge in [0.05, 0.1) is 5.92 Å². The first-order valence-corrected chi connectivity index (χ1v) is 7.70. The smallest absolute Gasteiger partial charge is 0.306 e. The average molecular weight is 299 g/mol. The Kier molecular flexibility index (Phi) is 4.13. The highest BCUT2D eigenvalue weighted by Gasteiger charge is 2.25. The summed E-state index contributed by atoms with van der Waals surface area (Å²) in [4.78, 5) is 15.4. The van der Waals surface area contributed by atoms with Crippen LogP contribution in [0.5, 0.6) is 0 Å². The molecule has 0 radical (unpaired) electrons. The zero-order valence-electron chi connectivity index (χ0n) is 12.7. The zero-order chi connectivity index (χ0) is 15.5. The summed E-state index contributed by atoms with van der Waals surface area (Å²) in [7, 11) is 1.98. The van der Waals surface area contributed by atoms with Gasteiger partial charge in [-0.25, -0.2) is 4.98 Å². The van der Waals surface area contributed by atoms with E-state index in [4.69, 9.17) is 5.11 Å². The van der Waals surface area contributed by atoms with E-state index in [1.54, 1.807) is 6.20 Å². The van der Waals surface area contributed by atoms with Crippen LogP contribution in [0.4, 0.5) is 5.69 Å². The minimum absolute atomic E-state index is 0.169. The number of hydrogen-bond donors (Lipinski definition) is 2. The first-order valence-electron chi connectivity index (χ1n) is 7.70. The van der Waals surface area contributed by atoms with E-state index >= 15 is 0 Å². The van der Waals surface area contributed by atoms with Crippen molar-refractivity contribution in [3.8, 4) is 11.4 Å². The Labute approximate surface area is 130 Å². The van der Waals surface area contributed by atoms with Gasteiger partial charge in [-0.1, -0.05) is 12.1 Å². The molecular weight excluding hydrogens is 278 g/mol. The minimum Gasteiger partial charge on any atom is -0.481 e. The van der Waals surface area contributed by atoms with Gasteiger partial charge in [0.15, 0.2) is 0 Å². The predicted molar refractivity (Wildman–Crippen MR) is 85.6 cm³/mol. The number of rotatable bonds is 4. The lowest BCUT2D eigenvalue weighted by atomic mass is 9.86. The Balaban J connectivity index is 1.67. The maximum absolute atomic E-state index is 11.0. The number of aromatic nitrogens is 2. The third-order valence-corrected chi connectivity index (χ3v) is 4.39. The summed E-state index contributed by atoms with van der Waals surface area (Å²) < 4.78 is 2.00. The van der Waals surface area contributed by atoms with Crippen molar-refractivity contribution in [3.63, 3.8) is 0 Å². The molecule has 0 saturated heterocycles. The molecule has 2 aromatic rings. The molecule has 0 amide bonds. The predicted octanol–water partition coefficient (Wildman–Crippen LogP) is 3.14. The number of carboxylic acids is 1. The molecule has 5 nitrogen and oxygen atoms in total. The van der Waals surface area contributed by atoms with Crippen LogP contribution in [0.3, 0.4) is 0 Å². The second-order valence-corrected chi connectivity index (χ2v) is 5.97. The molecule has 22 heavy (non-hydrogen) atoms.